The van der Waals surface area contributed by atoms with Crippen LogP contribution in [0.2, 0.25) is 0 Å². The van der Waals surface area contributed by atoms with Crippen molar-refractivity contribution in [3.8, 4) is 0 Å². The fourth-order valence-electron chi connectivity index (χ4n) is 3.97. The molecule has 0 saturated carbocycles. The van der Waals surface area contributed by atoms with Gasteiger partial charge in [-0.3, -0.25) is 9.59 Å². The van der Waals surface area contributed by atoms with E-state index >= 15 is 0 Å². The highest BCUT2D eigenvalue weighted by Crippen LogP contribution is 2.39. The van der Waals surface area contributed by atoms with Crippen molar-refractivity contribution in [2.75, 3.05) is 18.0 Å². The van der Waals surface area contributed by atoms with Crippen molar-refractivity contribution in [1.82, 2.24) is 5.32 Å². The van der Waals surface area contributed by atoms with Crippen LogP contribution in [0.5, 0.6) is 0 Å². The highest BCUT2D eigenvalue weighted by atomic mass is 19.1. The van der Waals surface area contributed by atoms with Crippen molar-refractivity contribution in [3.63, 3.8) is 0 Å². The Kier molecular flexibility index (Phi) is 5.89. The highest BCUT2D eigenvalue weighted by molar-refractivity contribution is 5.96. The second-order valence-corrected chi connectivity index (χ2v) is 7.37. The average Bonchev–Trinajstić information content (AvgIpc) is 2.79. The Morgan fingerprint density at radius 1 is 0.933 bits per heavy atom. The Morgan fingerprint density at radius 2 is 1.63 bits per heavy atom. The number of hydrogen-bond acceptors (Lipinski definition) is 2. The summed E-state index contributed by atoms with van der Waals surface area (Å²) in [5, 5.41) is 2.74. The number of hydrogen-bond donors (Lipinski definition) is 1. The number of amides is 2. The summed E-state index contributed by atoms with van der Waals surface area (Å²) in [6.45, 7) is 0.872. The van der Waals surface area contributed by atoms with Crippen LogP contribution < -0.4 is 10.2 Å². The van der Waals surface area contributed by atoms with Gasteiger partial charge in [0.15, 0.2) is 0 Å². The van der Waals surface area contributed by atoms with E-state index in [-0.39, 0.29) is 36.5 Å². The molecule has 1 N–H and O–H groups in total. The fourth-order valence-corrected chi connectivity index (χ4v) is 3.97. The number of nitrogens with one attached hydrogen (secondary N) is 1. The van der Waals surface area contributed by atoms with Crippen LogP contribution in [0.4, 0.5) is 10.1 Å². The zero-order chi connectivity index (χ0) is 20.9. The summed E-state index contributed by atoms with van der Waals surface area (Å²) in [7, 11) is 0. The van der Waals surface area contributed by atoms with E-state index in [9.17, 15) is 14.0 Å². The molecule has 3 aromatic carbocycles. The predicted molar refractivity (Wildman–Crippen MR) is 115 cm³/mol. The normalized spacial score (nSPS) is 15.4. The Morgan fingerprint density at radius 3 is 2.40 bits per heavy atom. The third-order valence-corrected chi connectivity index (χ3v) is 5.48. The monoisotopic (exact) mass is 402 g/mol. The third kappa shape index (κ3) is 4.25. The Labute approximate surface area is 175 Å². The van der Waals surface area contributed by atoms with Crippen LogP contribution >= 0.6 is 0 Å². The van der Waals surface area contributed by atoms with Crippen molar-refractivity contribution in [2.45, 2.75) is 18.8 Å². The van der Waals surface area contributed by atoms with Crippen LogP contribution in [0, 0.1) is 5.82 Å². The summed E-state index contributed by atoms with van der Waals surface area (Å²) < 4.78 is 13.0. The first kappa shape index (κ1) is 19.8. The van der Waals surface area contributed by atoms with Crippen LogP contribution in [0.1, 0.15) is 40.2 Å². The van der Waals surface area contributed by atoms with Gasteiger partial charge in [0.05, 0.1) is 0 Å². The maximum absolute atomic E-state index is 13.0. The second-order valence-electron chi connectivity index (χ2n) is 7.37. The standard InChI is InChI=1S/C25H23FN2O2/c26-20-12-10-19(11-13-20)25(30)27-16-14-24(29)28-17-15-21(18-6-2-1-3-7-18)22-8-4-5-9-23(22)28/h1-13,21H,14-17H2,(H,27,30). The predicted octanol–water partition coefficient (Wildman–Crippen LogP) is 4.51. The van der Waals surface area contributed by atoms with Crippen LogP contribution in [-0.4, -0.2) is 24.9 Å². The van der Waals surface area contributed by atoms with E-state index in [0.29, 0.717) is 12.1 Å². The molecule has 1 unspecified atom stereocenters. The van der Waals surface area contributed by atoms with E-state index in [1.54, 1.807) is 0 Å². The number of fused-ring (bicyclic) bond motifs is 1. The first-order chi connectivity index (χ1) is 14.6. The van der Waals surface area contributed by atoms with E-state index < -0.39 is 0 Å². The number of para-hydroxylation sites is 1. The minimum Gasteiger partial charge on any atom is -0.352 e. The lowest BCUT2D eigenvalue weighted by Crippen LogP contribution is -2.38. The summed E-state index contributed by atoms with van der Waals surface area (Å²) in [4.78, 5) is 26.9. The molecule has 152 valence electrons. The molecule has 4 nitrogen and oxygen atoms in total. The quantitative estimate of drug-likeness (QED) is 0.682. The maximum Gasteiger partial charge on any atom is 0.251 e. The fraction of sp³-hybridized carbons (Fsp3) is 0.200. The van der Waals surface area contributed by atoms with E-state index in [4.69, 9.17) is 0 Å². The lowest BCUT2D eigenvalue weighted by atomic mass is 9.84. The molecule has 0 bridgehead atoms. The molecule has 1 atom stereocenters. The van der Waals surface area contributed by atoms with Crippen LogP contribution in [0.15, 0.2) is 78.9 Å². The van der Waals surface area contributed by atoms with E-state index in [0.717, 1.165) is 17.7 Å². The molecule has 0 fully saturated rings. The van der Waals surface area contributed by atoms with Gasteiger partial charge in [0.25, 0.3) is 5.91 Å². The molecule has 0 spiro atoms. The number of benzene rings is 3. The minimum absolute atomic E-state index is 0.0200. The lowest BCUT2D eigenvalue weighted by molar-refractivity contribution is -0.118. The molecular weight excluding hydrogens is 379 g/mol. The molecule has 0 aliphatic carbocycles. The summed E-state index contributed by atoms with van der Waals surface area (Å²) in [6, 6.07) is 23.7. The summed E-state index contributed by atoms with van der Waals surface area (Å²) >= 11 is 0. The van der Waals surface area contributed by atoms with Gasteiger partial charge in [-0.1, -0.05) is 48.5 Å². The Hall–Kier alpha value is -3.47. The Balaban J connectivity index is 1.41. The van der Waals surface area contributed by atoms with Crippen LogP contribution in [0.25, 0.3) is 0 Å². The number of anilines is 1. The number of nitrogens with zero attached hydrogens (tertiary/aromatic N) is 1. The van der Waals surface area contributed by atoms with Gasteiger partial charge in [0, 0.05) is 36.7 Å². The first-order valence-corrected chi connectivity index (χ1v) is 10.1. The average molecular weight is 402 g/mol. The van der Waals surface area contributed by atoms with Gasteiger partial charge in [0.2, 0.25) is 5.91 Å². The van der Waals surface area contributed by atoms with Gasteiger partial charge in [-0.15, -0.1) is 0 Å². The first-order valence-electron chi connectivity index (χ1n) is 10.1. The lowest BCUT2D eigenvalue weighted by Gasteiger charge is -2.34. The van der Waals surface area contributed by atoms with Gasteiger partial charge in [-0.05, 0) is 47.9 Å². The summed E-state index contributed by atoms with van der Waals surface area (Å²) in [5.41, 5.74) is 3.72. The van der Waals surface area contributed by atoms with Gasteiger partial charge in [-0.2, -0.15) is 0 Å². The molecule has 0 radical (unpaired) electrons. The molecule has 3 aromatic rings. The van der Waals surface area contributed by atoms with Crippen molar-refractivity contribution in [1.29, 1.82) is 0 Å². The molecule has 30 heavy (non-hydrogen) atoms. The zero-order valence-corrected chi connectivity index (χ0v) is 16.6. The Bertz CT molecular complexity index is 1030. The van der Waals surface area contributed by atoms with Gasteiger partial charge in [-0.25, -0.2) is 4.39 Å². The van der Waals surface area contributed by atoms with Crippen molar-refractivity contribution in [3.05, 3.63) is 101 Å². The molecule has 1 aliphatic rings. The largest absolute Gasteiger partial charge is 0.352 e. The van der Waals surface area contributed by atoms with Crippen molar-refractivity contribution < 1.29 is 14.0 Å². The van der Waals surface area contributed by atoms with Crippen molar-refractivity contribution >= 4 is 17.5 Å². The van der Waals surface area contributed by atoms with E-state index in [1.807, 2.05) is 41.3 Å². The minimum atomic E-state index is -0.390. The summed E-state index contributed by atoms with van der Waals surface area (Å²) in [6.07, 6.45) is 1.06. The second kappa shape index (κ2) is 8.91. The molecule has 1 heterocycles. The zero-order valence-electron chi connectivity index (χ0n) is 16.6. The van der Waals surface area contributed by atoms with Crippen LogP contribution in [-0.2, 0) is 4.79 Å². The van der Waals surface area contributed by atoms with Gasteiger partial charge in [0.1, 0.15) is 5.82 Å². The third-order valence-electron chi connectivity index (χ3n) is 5.48. The topological polar surface area (TPSA) is 49.4 Å². The molecule has 4 rings (SSSR count). The number of rotatable bonds is 5. The number of carbonyl (C=O) groups excluding carboxylic acids is 2. The molecule has 0 saturated heterocycles. The van der Waals surface area contributed by atoms with E-state index in [2.05, 4.69) is 23.5 Å². The van der Waals surface area contributed by atoms with Gasteiger partial charge < -0.3 is 10.2 Å². The van der Waals surface area contributed by atoms with Gasteiger partial charge >= 0.3 is 0 Å². The summed E-state index contributed by atoms with van der Waals surface area (Å²) in [5.74, 6) is -0.455. The maximum atomic E-state index is 13.0. The SMILES string of the molecule is O=C(NCCC(=O)N1CCC(c2ccccc2)c2ccccc21)c1ccc(F)cc1. The van der Waals surface area contributed by atoms with E-state index in [1.165, 1.54) is 29.8 Å². The number of carbonyl (C=O) groups is 2. The molecule has 1 aliphatic heterocycles. The number of halogens is 1. The highest BCUT2D eigenvalue weighted by Gasteiger charge is 2.29. The van der Waals surface area contributed by atoms with Crippen molar-refractivity contribution in [2.24, 2.45) is 0 Å². The molecular formula is C25H23FN2O2. The molecule has 0 aromatic heterocycles. The molecule has 5 heteroatoms. The van der Waals surface area contributed by atoms with Crippen LogP contribution in [0.3, 0.4) is 0 Å². The molecule has 2 amide bonds. The smallest absolute Gasteiger partial charge is 0.251 e.